The minimum absolute atomic E-state index is 0.233. The molecular weight excluding hydrogens is 251 g/mol. The van der Waals surface area contributed by atoms with Gasteiger partial charge in [0.15, 0.2) is 11.5 Å². The van der Waals surface area contributed by atoms with Gasteiger partial charge < -0.3 is 13.9 Å². The van der Waals surface area contributed by atoms with Crippen molar-refractivity contribution in [3.05, 3.63) is 34.7 Å². The van der Waals surface area contributed by atoms with E-state index in [-0.39, 0.29) is 6.61 Å². The molecule has 1 atom stereocenters. The third kappa shape index (κ3) is 3.24. The van der Waals surface area contributed by atoms with Crippen LogP contribution in [0.1, 0.15) is 13.3 Å². The maximum Gasteiger partial charge on any atom is 0.336 e. The molecule has 102 valence electrons. The van der Waals surface area contributed by atoms with Crippen LogP contribution >= 0.6 is 0 Å². The van der Waals surface area contributed by atoms with Crippen molar-refractivity contribution < 1.29 is 18.3 Å². The average Bonchev–Trinajstić information content (AvgIpc) is 2.37. The SMILES string of the molecule is COc1cc2ccc(=O)oc2cc1OCCC(C)F. The van der Waals surface area contributed by atoms with Gasteiger partial charge in [-0.2, -0.15) is 0 Å². The molecule has 19 heavy (non-hydrogen) atoms. The number of hydrogen-bond donors (Lipinski definition) is 0. The molecule has 2 rings (SSSR count). The third-order valence-electron chi connectivity index (χ3n) is 2.68. The quantitative estimate of drug-likeness (QED) is 0.781. The normalized spacial score (nSPS) is 12.4. The van der Waals surface area contributed by atoms with Gasteiger partial charge in [0.1, 0.15) is 11.8 Å². The highest BCUT2D eigenvalue weighted by molar-refractivity contribution is 5.80. The van der Waals surface area contributed by atoms with Gasteiger partial charge >= 0.3 is 5.63 Å². The summed E-state index contributed by atoms with van der Waals surface area (Å²) >= 11 is 0. The Kier molecular flexibility index (Phi) is 4.04. The zero-order valence-electron chi connectivity index (χ0n) is 10.8. The highest BCUT2D eigenvalue weighted by Crippen LogP contribution is 2.31. The van der Waals surface area contributed by atoms with Crippen LogP contribution in [-0.4, -0.2) is 19.9 Å². The van der Waals surface area contributed by atoms with Crippen molar-refractivity contribution in [1.29, 1.82) is 0 Å². The lowest BCUT2D eigenvalue weighted by Gasteiger charge is -2.11. The molecule has 0 radical (unpaired) electrons. The van der Waals surface area contributed by atoms with E-state index in [1.165, 1.54) is 20.1 Å². The van der Waals surface area contributed by atoms with Crippen molar-refractivity contribution in [2.45, 2.75) is 19.5 Å². The molecule has 1 aromatic heterocycles. The summed E-state index contributed by atoms with van der Waals surface area (Å²) < 4.78 is 28.4. The molecule has 1 heterocycles. The van der Waals surface area contributed by atoms with E-state index in [4.69, 9.17) is 13.9 Å². The Balaban J connectivity index is 2.32. The minimum atomic E-state index is -0.926. The molecule has 1 aromatic carbocycles. The first-order chi connectivity index (χ1) is 9.10. The fourth-order valence-corrected chi connectivity index (χ4v) is 1.68. The highest BCUT2D eigenvalue weighted by atomic mass is 19.1. The summed E-state index contributed by atoms with van der Waals surface area (Å²) in [6, 6.07) is 6.29. The van der Waals surface area contributed by atoms with Crippen molar-refractivity contribution in [3.63, 3.8) is 0 Å². The van der Waals surface area contributed by atoms with Crippen LogP contribution < -0.4 is 15.1 Å². The monoisotopic (exact) mass is 266 g/mol. The van der Waals surface area contributed by atoms with Gasteiger partial charge in [0, 0.05) is 23.9 Å². The second kappa shape index (κ2) is 5.73. The summed E-state index contributed by atoms with van der Waals surface area (Å²) in [5.41, 5.74) is -0.0161. The predicted molar refractivity (Wildman–Crippen MR) is 69.7 cm³/mol. The second-order valence-corrected chi connectivity index (χ2v) is 4.21. The molecule has 0 aliphatic carbocycles. The van der Waals surface area contributed by atoms with Gasteiger partial charge in [0.25, 0.3) is 0 Å². The predicted octanol–water partition coefficient (Wildman–Crippen LogP) is 2.93. The first-order valence-corrected chi connectivity index (χ1v) is 5.99. The van der Waals surface area contributed by atoms with Gasteiger partial charge in [-0.25, -0.2) is 9.18 Å². The average molecular weight is 266 g/mol. The van der Waals surface area contributed by atoms with E-state index < -0.39 is 11.8 Å². The van der Waals surface area contributed by atoms with Crippen LogP contribution in [0.2, 0.25) is 0 Å². The molecule has 0 aliphatic heterocycles. The minimum Gasteiger partial charge on any atom is -0.493 e. The number of hydrogen-bond acceptors (Lipinski definition) is 4. The van der Waals surface area contributed by atoms with Crippen LogP contribution in [0.5, 0.6) is 11.5 Å². The van der Waals surface area contributed by atoms with Crippen molar-refractivity contribution in [2.75, 3.05) is 13.7 Å². The van der Waals surface area contributed by atoms with Crippen molar-refractivity contribution in [3.8, 4) is 11.5 Å². The van der Waals surface area contributed by atoms with Crippen LogP contribution in [0.3, 0.4) is 0 Å². The molecule has 0 N–H and O–H groups in total. The van der Waals surface area contributed by atoms with Crippen LogP contribution in [0.4, 0.5) is 4.39 Å². The van der Waals surface area contributed by atoms with E-state index >= 15 is 0 Å². The lowest BCUT2D eigenvalue weighted by molar-refractivity contribution is 0.239. The topological polar surface area (TPSA) is 48.7 Å². The van der Waals surface area contributed by atoms with Gasteiger partial charge in [-0.15, -0.1) is 0 Å². The van der Waals surface area contributed by atoms with Gasteiger partial charge in [-0.3, -0.25) is 0 Å². The zero-order valence-corrected chi connectivity index (χ0v) is 10.8. The smallest absolute Gasteiger partial charge is 0.336 e. The van der Waals surface area contributed by atoms with Crippen LogP contribution in [-0.2, 0) is 0 Å². The molecule has 0 spiro atoms. The Hall–Kier alpha value is -2.04. The Labute approximate surface area is 109 Å². The molecular formula is C14H15FO4. The second-order valence-electron chi connectivity index (χ2n) is 4.21. The number of methoxy groups -OCH3 is 1. The summed E-state index contributed by atoms with van der Waals surface area (Å²) in [4.78, 5) is 11.2. The summed E-state index contributed by atoms with van der Waals surface area (Å²) in [7, 11) is 1.52. The number of halogens is 1. The summed E-state index contributed by atoms with van der Waals surface area (Å²) in [5, 5.41) is 0.739. The van der Waals surface area contributed by atoms with Crippen molar-refractivity contribution in [2.24, 2.45) is 0 Å². The van der Waals surface area contributed by atoms with E-state index in [9.17, 15) is 9.18 Å². The Morgan fingerprint density at radius 3 is 2.79 bits per heavy atom. The van der Waals surface area contributed by atoms with E-state index in [0.29, 0.717) is 23.5 Å². The molecule has 0 aliphatic rings. The van der Waals surface area contributed by atoms with E-state index in [1.807, 2.05) is 0 Å². The Morgan fingerprint density at radius 1 is 1.32 bits per heavy atom. The Bertz CT molecular complexity index is 618. The maximum atomic E-state index is 12.7. The van der Waals surface area contributed by atoms with Crippen LogP contribution in [0.15, 0.2) is 33.5 Å². The van der Waals surface area contributed by atoms with Gasteiger partial charge in [0.2, 0.25) is 0 Å². The van der Waals surface area contributed by atoms with E-state index in [1.54, 1.807) is 18.2 Å². The molecule has 2 aromatic rings. The lowest BCUT2D eigenvalue weighted by Crippen LogP contribution is -2.05. The fourth-order valence-electron chi connectivity index (χ4n) is 1.68. The maximum absolute atomic E-state index is 12.7. The molecule has 0 saturated heterocycles. The summed E-state index contributed by atoms with van der Waals surface area (Å²) in [6.45, 7) is 1.70. The molecule has 5 heteroatoms. The first-order valence-electron chi connectivity index (χ1n) is 5.99. The molecule has 1 unspecified atom stereocenters. The summed E-state index contributed by atoms with van der Waals surface area (Å²) in [6.07, 6.45) is -0.635. The first kappa shape index (κ1) is 13.4. The summed E-state index contributed by atoms with van der Waals surface area (Å²) in [5.74, 6) is 0.956. The number of alkyl halides is 1. The van der Waals surface area contributed by atoms with E-state index in [0.717, 1.165) is 5.39 Å². The fraction of sp³-hybridized carbons (Fsp3) is 0.357. The van der Waals surface area contributed by atoms with Crippen molar-refractivity contribution >= 4 is 11.0 Å². The molecule has 0 saturated carbocycles. The number of rotatable bonds is 5. The van der Waals surface area contributed by atoms with Gasteiger partial charge in [-0.05, 0) is 19.1 Å². The highest BCUT2D eigenvalue weighted by Gasteiger charge is 2.09. The number of ether oxygens (including phenoxy) is 2. The number of fused-ring (bicyclic) bond motifs is 1. The Morgan fingerprint density at radius 2 is 2.11 bits per heavy atom. The molecule has 0 bridgehead atoms. The van der Waals surface area contributed by atoms with Crippen LogP contribution in [0, 0.1) is 0 Å². The number of benzene rings is 1. The van der Waals surface area contributed by atoms with Gasteiger partial charge in [-0.1, -0.05) is 0 Å². The molecule has 4 nitrogen and oxygen atoms in total. The zero-order chi connectivity index (χ0) is 13.8. The van der Waals surface area contributed by atoms with Crippen LogP contribution in [0.25, 0.3) is 11.0 Å². The molecule has 0 amide bonds. The standard InChI is InChI=1S/C14H15FO4/c1-9(15)5-6-18-13-8-11-10(7-12(13)17-2)3-4-14(16)19-11/h3-4,7-9H,5-6H2,1-2H3. The van der Waals surface area contributed by atoms with Gasteiger partial charge in [0.05, 0.1) is 13.7 Å². The molecule has 0 fully saturated rings. The largest absolute Gasteiger partial charge is 0.493 e. The van der Waals surface area contributed by atoms with E-state index in [2.05, 4.69) is 0 Å². The third-order valence-corrected chi connectivity index (χ3v) is 2.68. The lowest BCUT2D eigenvalue weighted by atomic mass is 10.2. The van der Waals surface area contributed by atoms with Crippen molar-refractivity contribution in [1.82, 2.24) is 0 Å².